The van der Waals surface area contributed by atoms with Crippen molar-refractivity contribution in [1.29, 1.82) is 0 Å². The minimum atomic E-state index is -0.213. The summed E-state index contributed by atoms with van der Waals surface area (Å²) in [5.41, 5.74) is 6.90. The molecular weight excluding hydrogens is 265 g/mol. The van der Waals surface area contributed by atoms with Gasteiger partial charge < -0.3 is 10.5 Å². The zero-order chi connectivity index (χ0) is 10.3. The molecular formula is C10H11BrClNO. The number of hydrogen-bond acceptors (Lipinski definition) is 2. The molecule has 1 aliphatic rings. The van der Waals surface area contributed by atoms with E-state index >= 15 is 0 Å². The number of rotatable bonds is 2. The number of hydrogen-bond donors (Lipinski definition) is 1. The summed E-state index contributed by atoms with van der Waals surface area (Å²) < 4.78 is 6.12. The van der Waals surface area contributed by atoms with Gasteiger partial charge in [-0.3, -0.25) is 0 Å². The predicted octanol–water partition coefficient (Wildman–Crippen LogP) is 3.06. The Kier molecular flexibility index (Phi) is 2.50. The van der Waals surface area contributed by atoms with Crippen LogP contribution in [0.2, 0.25) is 5.02 Å². The lowest BCUT2D eigenvalue weighted by Gasteiger charge is -2.15. The molecule has 2 rings (SSSR count). The van der Waals surface area contributed by atoms with E-state index in [0.29, 0.717) is 5.02 Å². The molecule has 76 valence electrons. The van der Waals surface area contributed by atoms with Crippen molar-refractivity contribution in [3.8, 4) is 5.75 Å². The van der Waals surface area contributed by atoms with E-state index in [1.165, 1.54) is 0 Å². The summed E-state index contributed by atoms with van der Waals surface area (Å²) >= 11 is 9.37. The van der Waals surface area contributed by atoms with Crippen molar-refractivity contribution in [2.45, 2.75) is 18.4 Å². The summed E-state index contributed by atoms with van der Waals surface area (Å²) in [5.74, 6) is 0.807. The lowest BCUT2D eigenvalue weighted by molar-refractivity contribution is 0.404. The number of methoxy groups -OCH3 is 1. The van der Waals surface area contributed by atoms with E-state index in [-0.39, 0.29) is 5.54 Å². The Balaban J connectivity index is 2.52. The second-order valence-electron chi connectivity index (χ2n) is 3.62. The third kappa shape index (κ3) is 1.64. The molecule has 2 nitrogen and oxygen atoms in total. The molecule has 4 heteroatoms. The molecule has 0 aliphatic heterocycles. The van der Waals surface area contributed by atoms with E-state index in [1.54, 1.807) is 7.11 Å². The van der Waals surface area contributed by atoms with Crippen LogP contribution in [0, 0.1) is 0 Å². The highest BCUT2D eigenvalue weighted by molar-refractivity contribution is 9.10. The van der Waals surface area contributed by atoms with Crippen LogP contribution in [0.4, 0.5) is 0 Å². The molecule has 1 aromatic rings. The lowest BCUT2D eigenvalue weighted by atomic mass is 10.0. The average Bonchev–Trinajstić information content (AvgIpc) is 2.89. The Labute approximate surface area is 96.5 Å². The highest BCUT2D eigenvalue weighted by Gasteiger charge is 2.42. The molecule has 0 heterocycles. The molecule has 0 radical (unpaired) electrons. The van der Waals surface area contributed by atoms with Crippen molar-refractivity contribution in [1.82, 2.24) is 0 Å². The summed E-state index contributed by atoms with van der Waals surface area (Å²) in [7, 11) is 1.64. The molecule has 0 unspecified atom stereocenters. The number of ether oxygens (including phenoxy) is 1. The van der Waals surface area contributed by atoms with E-state index in [0.717, 1.165) is 28.6 Å². The van der Waals surface area contributed by atoms with Crippen LogP contribution in [0.1, 0.15) is 18.4 Å². The van der Waals surface area contributed by atoms with Crippen LogP contribution >= 0.6 is 27.5 Å². The molecule has 0 saturated heterocycles. The molecule has 2 N–H and O–H groups in total. The van der Waals surface area contributed by atoms with Crippen LogP contribution in [0.25, 0.3) is 0 Å². The van der Waals surface area contributed by atoms with Gasteiger partial charge in [-0.2, -0.15) is 0 Å². The third-order valence-corrected chi connectivity index (χ3v) is 3.76. The average molecular weight is 277 g/mol. The Hall–Kier alpha value is -0.250. The minimum Gasteiger partial charge on any atom is -0.496 e. The Morgan fingerprint density at radius 3 is 2.64 bits per heavy atom. The van der Waals surface area contributed by atoms with Crippen LogP contribution in [-0.2, 0) is 5.54 Å². The van der Waals surface area contributed by atoms with Gasteiger partial charge in [0.2, 0.25) is 0 Å². The van der Waals surface area contributed by atoms with Gasteiger partial charge in [-0.25, -0.2) is 0 Å². The molecule has 14 heavy (non-hydrogen) atoms. The van der Waals surface area contributed by atoms with Crippen LogP contribution < -0.4 is 10.5 Å². The zero-order valence-electron chi connectivity index (χ0n) is 7.81. The number of halogens is 2. The Morgan fingerprint density at radius 2 is 2.14 bits per heavy atom. The van der Waals surface area contributed by atoms with Gasteiger partial charge in [0.25, 0.3) is 0 Å². The summed E-state index contributed by atoms with van der Waals surface area (Å²) in [6.07, 6.45) is 2.00. The maximum absolute atomic E-state index is 6.11. The van der Waals surface area contributed by atoms with Gasteiger partial charge in [-0.15, -0.1) is 0 Å². The van der Waals surface area contributed by atoms with Crippen molar-refractivity contribution in [3.63, 3.8) is 0 Å². The van der Waals surface area contributed by atoms with Crippen LogP contribution in [0.3, 0.4) is 0 Å². The predicted molar refractivity (Wildman–Crippen MR) is 60.8 cm³/mol. The van der Waals surface area contributed by atoms with Crippen LogP contribution in [0.5, 0.6) is 5.75 Å². The van der Waals surface area contributed by atoms with Gasteiger partial charge in [0.05, 0.1) is 12.1 Å². The maximum Gasteiger partial charge on any atom is 0.125 e. The highest BCUT2D eigenvalue weighted by Crippen LogP contribution is 2.48. The fourth-order valence-corrected chi connectivity index (χ4v) is 1.98. The quantitative estimate of drug-likeness (QED) is 0.901. The van der Waals surface area contributed by atoms with E-state index < -0.39 is 0 Å². The molecule has 1 fully saturated rings. The third-order valence-electron chi connectivity index (χ3n) is 2.57. The molecule has 0 amide bonds. The first-order valence-electron chi connectivity index (χ1n) is 4.39. The Bertz CT molecular complexity index is 377. The largest absolute Gasteiger partial charge is 0.496 e. The Morgan fingerprint density at radius 1 is 1.50 bits per heavy atom. The van der Waals surface area contributed by atoms with Crippen molar-refractivity contribution >= 4 is 27.5 Å². The summed E-state index contributed by atoms with van der Waals surface area (Å²) in [6, 6.07) is 3.75. The van der Waals surface area contributed by atoms with Crippen molar-refractivity contribution < 1.29 is 4.74 Å². The number of benzene rings is 1. The van der Waals surface area contributed by atoms with E-state index in [9.17, 15) is 0 Å². The minimum absolute atomic E-state index is 0.213. The van der Waals surface area contributed by atoms with E-state index in [2.05, 4.69) is 15.9 Å². The zero-order valence-corrected chi connectivity index (χ0v) is 10.2. The molecule has 1 saturated carbocycles. The lowest BCUT2D eigenvalue weighted by Crippen LogP contribution is -2.19. The van der Waals surface area contributed by atoms with Gasteiger partial charge >= 0.3 is 0 Å². The molecule has 0 aromatic heterocycles. The molecule has 0 spiro atoms. The van der Waals surface area contributed by atoms with E-state index in [1.807, 2.05) is 12.1 Å². The second-order valence-corrected chi connectivity index (χ2v) is 4.88. The SMILES string of the molecule is COc1cc(Br)c(Cl)cc1C1(N)CC1. The number of nitrogens with two attached hydrogens (primary N) is 1. The van der Waals surface area contributed by atoms with Gasteiger partial charge in [0, 0.05) is 15.6 Å². The van der Waals surface area contributed by atoms with Crippen molar-refractivity contribution in [3.05, 3.63) is 27.2 Å². The van der Waals surface area contributed by atoms with Crippen LogP contribution in [-0.4, -0.2) is 7.11 Å². The standard InChI is InChI=1S/C10H11BrClNO/c1-14-9-5-7(11)8(12)4-6(9)10(13)2-3-10/h4-5H,2-3,13H2,1H3. The molecule has 1 aliphatic carbocycles. The molecule has 0 bridgehead atoms. The first-order valence-corrected chi connectivity index (χ1v) is 5.56. The molecule has 0 atom stereocenters. The summed E-state index contributed by atoms with van der Waals surface area (Å²) in [6.45, 7) is 0. The topological polar surface area (TPSA) is 35.2 Å². The van der Waals surface area contributed by atoms with Gasteiger partial charge in [-0.1, -0.05) is 11.6 Å². The molecule has 1 aromatic carbocycles. The van der Waals surface area contributed by atoms with Crippen molar-refractivity contribution in [2.24, 2.45) is 5.73 Å². The summed E-state index contributed by atoms with van der Waals surface area (Å²) in [4.78, 5) is 0. The smallest absolute Gasteiger partial charge is 0.125 e. The first-order chi connectivity index (χ1) is 6.57. The normalized spacial score (nSPS) is 18.0. The van der Waals surface area contributed by atoms with E-state index in [4.69, 9.17) is 22.1 Å². The first kappa shape index (κ1) is 10.3. The monoisotopic (exact) mass is 275 g/mol. The van der Waals surface area contributed by atoms with Gasteiger partial charge in [0.1, 0.15) is 5.75 Å². The van der Waals surface area contributed by atoms with Gasteiger partial charge in [-0.05, 0) is 40.9 Å². The second kappa shape index (κ2) is 3.40. The van der Waals surface area contributed by atoms with Crippen molar-refractivity contribution in [2.75, 3.05) is 7.11 Å². The highest BCUT2D eigenvalue weighted by atomic mass is 79.9. The fourth-order valence-electron chi connectivity index (χ4n) is 1.49. The fraction of sp³-hybridized carbons (Fsp3) is 0.400. The maximum atomic E-state index is 6.11. The van der Waals surface area contributed by atoms with Gasteiger partial charge in [0.15, 0.2) is 0 Å². The van der Waals surface area contributed by atoms with Crippen LogP contribution in [0.15, 0.2) is 16.6 Å². The summed E-state index contributed by atoms with van der Waals surface area (Å²) in [5, 5.41) is 0.678.